The van der Waals surface area contributed by atoms with E-state index in [0.717, 1.165) is 18.1 Å². The molecular formula is C8H16N2O2. The molecule has 70 valence electrons. The highest BCUT2D eigenvalue weighted by atomic mass is 16.1. The van der Waals surface area contributed by atoms with Crippen LogP contribution in [0.4, 0.5) is 0 Å². The first-order valence-electron chi connectivity index (χ1n) is 3.72. The Morgan fingerprint density at radius 3 is 1.25 bits per heavy atom. The van der Waals surface area contributed by atoms with Gasteiger partial charge in [-0.1, -0.05) is 33.6 Å². The molecular weight excluding hydrogens is 156 g/mol. The van der Waals surface area contributed by atoms with Crippen molar-refractivity contribution in [2.45, 2.75) is 33.6 Å². The highest BCUT2D eigenvalue weighted by molar-refractivity contribution is 5.26. The summed E-state index contributed by atoms with van der Waals surface area (Å²) in [7, 11) is 0. The van der Waals surface area contributed by atoms with Crippen molar-refractivity contribution in [3.05, 3.63) is 0 Å². The Balaban J connectivity index is -0.000000115. The topological polar surface area (TPSA) is 81.8 Å². The number of rotatable bonds is 2. The maximum Gasteiger partial charge on any atom is 0.231 e. The lowest BCUT2D eigenvalue weighted by Crippen LogP contribution is -1.85. The van der Waals surface area contributed by atoms with Crippen LogP contribution in [0.2, 0.25) is 0 Å². The molecule has 12 heavy (non-hydrogen) atoms. The zero-order valence-electron chi connectivity index (χ0n) is 7.81. The van der Waals surface area contributed by atoms with Gasteiger partial charge in [-0.05, 0) is 5.92 Å². The number of hydrogen-bond acceptors (Lipinski definition) is 4. The summed E-state index contributed by atoms with van der Waals surface area (Å²) < 4.78 is 0. The number of isocyanates is 2. The van der Waals surface area contributed by atoms with Gasteiger partial charge >= 0.3 is 0 Å². The smallest absolute Gasteiger partial charge is 0.222 e. The van der Waals surface area contributed by atoms with Gasteiger partial charge in [0.05, 0.1) is 0 Å². The predicted octanol–water partition coefficient (Wildman–Crippen LogP) is 2.24. The van der Waals surface area contributed by atoms with E-state index >= 15 is 0 Å². The van der Waals surface area contributed by atoms with Crippen LogP contribution in [0.3, 0.4) is 0 Å². The van der Waals surface area contributed by atoms with Crippen LogP contribution in [0.1, 0.15) is 33.6 Å². The zero-order valence-corrected chi connectivity index (χ0v) is 7.81. The molecule has 0 radical (unpaired) electrons. The largest absolute Gasteiger partial charge is 0.231 e. The molecule has 0 aliphatic rings. The fourth-order valence-corrected chi connectivity index (χ4v) is 0.289. The van der Waals surface area contributed by atoms with Gasteiger partial charge in [0.25, 0.3) is 0 Å². The first-order valence-corrected chi connectivity index (χ1v) is 3.72. The van der Waals surface area contributed by atoms with Crippen molar-refractivity contribution in [1.29, 1.82) is 10.8 Å². The Bertz CT molecular complexity index is 118. The van der Waals surface area contributed by atoms with E-state index in [0.29, 0.717) is 0 Å². The minimum absolute atomic E-state index is 0.750. The van der Waals surface area contributed by atoms with Gasteiger partial charge in [-0.15, -0.1) is 0 Å². The molecule has 0 aromatic rings. The molecule has 0 fully saturated rings. The van der Waals surface area contributed by atoms with Crippen molar-refractivity contribution in [1.82, 2.24) is 0 Å². The standard InChI is InChI=1S/C6H14.2CHNO/c1-4-6(3)5-2;2*2-1-3/h6H,4-5H2,1-3H3;2*2H. The molecule has 0 saturated carbocycles. The first-order chi connectivity index (χ1) is 5.64. The SMILES string of the molecule is CCC(C)CC.N=C=O.N=C=O. The van der Waals surface area contributed by atoms with Crippen LogP contribution in [0.15, 0.2) is 0 Å². The molecule has 0 aliphatic carbocycles. The second kappa shape index (κ2) is 22.6. The van der Waals surface area contributed by atoms with Crippen molar-refractivity contribution >= 4 is 12.2 Å². The van der Waals surface area contributed by atoms with Gasteiger partial charge in [0, 0.05) is 0 Å². The molecule has 0 amide bonds. The van der Waals surface area contributed by atoms with Gasteiger partial charge in [-0.2, -0.15) is 0 Å². The summed E-state index contributed by atoms with van der Waals surface area (Å²) >= 11 is 0. The van der Waals surface area contributed by atoms with Crippen LogP contribution in [-0.2, 0) is 9.59 Å². The minimum Gasteiger partial charge on any atom is -0.222 e. The molecule has 0 aromatic carbocycles. The molecule has 0 aliphatic heterocycles. The normalized spacial score (nSPS) is 6.33. The van der Waals surface area contributed by atoms with Crippen LogP contribution >= 0.6 is 0 Å². The summed E-state index contributed by atoms with van der Waals surface area (Å²) in [5.41, 5.74) is 0. The molecule has 0 rings (SSSR count). The fourth-order valence-electron chi connectivity index (χ4n) is 0.289. The highest BCUT2D eigenvalue weighted by Gasteiger charge is 1.88. The van der Waals surface area contributed by atoms with Crippen LogP contribution in [0, 0.1) is 16.7 Å². The summed E-state index contributed by atoms with van der Waals surface area (Å²) in [6.07, 6.45) is 4.16. The van der Waals surface area contributed by atoms with Gasteiger partial charge in [0.2, 0.25) is 12.2 Å². The van der Waals surface area contributed by atoms with Gasteiger partial charge in [0.1, 0.15) is 0 Å². The molecule has 0 spiro atoms. The molecule has 0 aromatic heterocycles. The molecule has 4 nitrogen and oxygen atoms in total. The predicted molar refractivity (Wildman–Crippen MR) is 46.6 cm³/mol. The third-order valence-electron chi connectivity index (χ3n) is 1.39. The monoisotopic (exact) mass is 172 g/mol. The Hall–Kier alpha value is -1.24. The van der Waals surface area contributed by atoms with E-state index in [1.54, 1.807) is 0 Å². The van der Waals surface area contributed by atoms with Crippen LogP contribution in [0.5, 0.6) is 0 Å². The summed E-state index contributed by atoms with van der Waals surface area (Å²) in [6, 6.07) is 0. The van der Waals surface area contributed by atoms with Crippen LogP contribution < -0.4 is 0 Å². The molecule has 4 heteroatoms. The van der Waals surface area contributed by atoms with E-state index in [1.165, 1.54) is 12.8 Å². The fraction of sp³-hybridized carbons (Fsp3) is 0.750. The van der Waals surface area contributed by atoms with Gasteiger partial charge < -0.3 is 0 Å². The summed E-state index contributed by atoms with van der Waals surface area (Å²) in [6.45, 7) is 6.74. The van der Waals surface area contributed by atoms with E-state index in [9.17, 15) is 0 Å². The lowest BCUT2D eigenvalue weighted by molar-refractivity contribution is 0.544. The van der Waals surface area contributed by atoms with Gasteiger partial charge in [-0.3, -0.25) is 0 Å². The summed E-state index contributed by atoms with van der Waals surface area (Å²) in [5, 5.41) is 10.8. The molecule has 0 heterocycles. The van der Waals surface area contributed by atoms with Crippen molar-refractivity contribution in [3.8, 4) is 0 Å². The third kappa shape index (κ3) is 69.2. The molecule has 0 bridgehead atoms. The van der Waals surface area contributed by atoms with E-state index < -0.39 is 0 Å². The second-order valence-corrected chi connectivity index (χ2v) is 2.13. The van der Waals surface area contributed by atoms with Crippen LogP contribution in [0.25, 0.3) is 0 Å². The summed E-state index contributed by atoms with van der Waals surface area (Å²) in [5.74, 6) is 0.935. The average Bonchev–Trinajstić information content (AvgIpc) is 2.06. The maximum atomic E-state index is 8.35. The summed E-state index contributed by atoms with van der Waals surface area (Å²) in [4.78, 5) is 16.7. The van der Waals surface area contributed by atoms with E-state index in [-0.39, 0.29) is 0 Å². The quantitative estimate of drug-likeness (QED) is 0.494. The zero-order chi connectivity index (χ0) is 10.4. The van der Waals surface area contributed by atoms with E-state index in [4.69, 9.17) is 20.4 Å². The van der Waals surface area contributed by atoms with Crippen molar-refractivity contribution < 1.29 is 9.59 Å². The van der Waals surface area contributed by atoms with Gasteiger partial charge in [-0.25, -0.2) is 20.4 Å². The molecule has 0 saturated heterocycles. The molecule has 0 atom stereocenters. The van der Waals surface area contributed by atoms with E-state index in [1.807, 2.05) is 0 Å². The van der Waals surface area contributed by atoms with E-state index in [2.05, 4.69) is 20.8 Å². The Morgan fingerprint density at radius 1 is 1.08 bits per heavy atom. The lowest BCUT2D eigenvalue weighted by atomic mass is 10.1. The second-order valence-electron chi connectivity index (χ2n) is 2.13. The van der Waals surface area contributed by atoms with Crippen molar-refractivity contribution in [2.24, 2.45) is 5.92 Å². The first kappa shape index (κ1) is 17.0. The molecule has 0 unspecified atom stereocenters. The molecule has 2 N–H and O–H groups in total. The number of carbonyl (C=O) groups excluding carboxylic acids is 2. The van der Waals surface area contributed by atoms with Crippen LogP contribution in [-0.4, -0.2) is 12.2 Å². The average molecular weight is 172 g/mol. The van der Waals surface area contributed by atoms with Crippen molar-refractivity contribution in [3.63, 3.8) is 0 Å². The van der Waals surface area contributed by atoms with Gasteiger partial charge in [0.15, 0.2) is 0 Å². The maximum absolute atomic E-state index is 8.35. The lowest BCUT2D eigenvalue weighted by Gasteiger charge is -1.98. The Kier molecular flexibility index (Phi) is 32.0. The van der Waals surface area contributed by atoms with Crippen molar-refractivity contribution in [2.75, 3.05) is 0 Å². The number of hydrogen-bond donors (Lipinski definition) is 2. The minimum atomic E-state index is 0.750. The third-order valence-corrected chi connectivity index (χ3v) is 1.39. The number of nitrogens with one attached hydrogen (secondary N) is 2. The Labute approximate surface area is 73.0 Å². The Morgan fingerprint density at radius 2 is 1.25 bits per heavy atom. The highest BCUT2D eigenvalue weighted by Crippen LogP contribution is 2.02.